The van der Waals surface area contributed by atoms with Gasteiger partial charge in [-0.3, -0.25) is 4.79 Å². The molecule has 6 heteroatoms. The highest BCUT2D eigenvalue weighted by molar-refractivity contribution is 9.10. The molecule has 0 spiro atoms. The Morgan fingerprint density at radius 2 is 2.23 bits per heavy atom. The Morgan fingerprint density at radius 3 is 2.95 bits per heavy atom. The smallest absolute Gasteiger partial charge is 0.222 e. The molecule has 0 fully saturated rings. The molecule has 1 aromatic heterocycles. The Bertz CT molecular complexity index is 627. The van der Waals surface area contributed by atoms with Crippen molar-refractivity contribution < 1.29 is 4.79 Å². The minimum Gasteiger partial charge on any atom is -0.349 e. The van der Waals surface area contributed by atoms with Crippen molar-refractivity contribution in [1.29, 1.82) is 0 Å². The van der Waals surface area contributed by atoms with Gasteiger partial charge in [-0.15, -0.1) is 11.3 Å². The number of nitrogens with one attached hydrogen (secondary N) is 1. The van der Waals surface area contributed by atoms with Crippen LogP contribution in [0.2, 0.25) is 0 Å². The molecule has 1 N–H and O–H groups in total. The SMILES string of the molecule is CN(C)C(=O)CCCNCc1csc(-c2cccc(Br)c2)n1. The predicted molar refractivity (Wildman–Crippen MR) is 94.9 cm³/mol. The lowest BCUT2D eigenvalue weighted by molar-refractivity contribution is -0.128. The van der Waals surface area contributed by atoms with Gasteiger partial charge in [-0.05, 0) is 25.1 Å². The van der Waals surface area contributed by atoms with Gasteiger partial charge >= 0.3 is 0 Å². The summed E-state index contributed by atoms with van der Waals surface area (Å²) >= 11 is 5.13. The molecule has 0 bridgehead atoms. The van der Waals surface area contributed by atoms with E-state index >= 15 is 0 Å². The van der Waals surface area contributed by atoms with E-state index in [1.165, 1.54) is 0 Å². The molecular formula is C16H20BrN3OS. The van der Waals surface area contributed by atoms with Crippen molar-refractivity contribution in [1.82, 2.24) is 15.2 Å². The second-order valence-electron chi connectivity index (χ2n) is 5.22. The van der Waals surface area contributed by atoms with E-state index in [9.17, 15) is 4.79 Å². The highest BCUT2D eigenvalue weighted by atomic mass is 79.9. The molecule has 0 aliphatic rings. The van der Waals surface area contributed by atoms with E-state index in [1.54, 1.807) is 30.3 Å². The lowest BCUT2D eigenvalue weighted by Gasteiger charge is -2.09. The fraction of sp³-hybridized carbons (Fsp3) is 0.375. The minimum atomic E-state index is 0.174. The maximum absolute atomic E-state index is 11.4. The van der Waals surface area contributed by atoms with E-state index < -0.39 is 0 Å². The zero-order valence-electron chi connectivity index (χ0n) is 12.8. The summed E-state index contributed by atoms with van der Waals surface area (Å²) in [6.45, 7) is 1.56. The van der Waals surface area contributed by atoms with Crippen LogP contribution in [0.5, 0.6) is 0 Å². The average molecular weight is 382 g/mol. The Morgan fingerprint density at radius 1 is 1.41 bits per heavy atom. The first kappa shape index (κ1) is 17.1. The van der Waals surface area contributed by atoms with Crippen molar-refractivity contribution in [3.63, 3.8) is 0 Å². The van der Waals surface area contributed by atoms with Crippen LogP contribution in [0.15, 0.2) is 34.1 Å². The molecule has 2 aromatic rings. The van der Waals surface area contributed by atoms with Crippen LogP contribution in [-0.4, -0.2) is 36.4 Å². The second-order valence-corrected chi connectivity index (χ2v) is 7.00. The number of carbonyl (C=O) groups is 1. The number of carbonyl (C=O) groups excluding carboxylic acids is 1. The zero-order chi connectivity index (χ0) is 15.9. The summed E-state index contributed by atoms with van der Waals surface area (Å²) in [5.41, 5.74) is 2.17. The first-order chi connectivity index (χ1) is 10.6. The van der Waals surface area contributed by atoms with Gasteiger partial charge < -0.3 is 10.2 Å². The number of thiazole rings is 1. The Labute approximate surface area is 143 Å². The van der Waals surface area contributed by atoms with E-state index in [2.05, 4.69) is 43.7 Å². The number of hydrogen-bond acceptors (Lipinski definition) is 4. The summed E-state index contributed by atoms with van der Waals surface area (Å²) < 4.78 is 1.06. The molecule has 4 nitrogen and oxygen atoms in total. The summed E-state index contributed by atoms with van der Waals surface area (Å²) in [5, 5.41) is 6.44. The fourth-order valence-corrected chi connectivity index (χ4v) is 3.16. The number of amides is 1. The van der Waals surface area contributed by atoms with Crippen LogP contribution in [-0.2, 0) is 11.3 Å². The molecule has 0 radical (unpaired) electrons. The van der Waals surface area contributed by atoms with E-state index in [-0.39, 0.29) is 5.91 Å². The molecule has 2 rings (SSSR count). The summed E-state index contributed by atoms with van der Waals surface area (Å²) in [7, 11) is 3.57. The third kappa shape index (κ3) is 5.19. The number of halogens is 1. The largest absolute Gasteiger partial charge is 0.349 e. The van der Waals surface area contributed by atoms with Gasteiger partial charge in [0.05, 0.1) is 5.69 Å². The number of benzene rings is 1. The number of nitrogens with zero attached hydrogens (tertiary/aromatic N) is 2. The summed E-state index contributed by atoms with van der Waals surface area (Å²) in [4.78, 5) is 17.7. The molecule has 0 aliphatic carbocycles. The third-order valence-corrected chi connectivity index (χ3v) is 4.61. The van der Waals surface area contributed by atoms with Crippen LogP contribution in [0.3, 0.4) is 0 Å². The fourth-order valence-electron chi connectivity index (χ4n) is 1.95. The van der Waals surface area contributed by atoms with Crippen LogP contribution in [0.4, 0.5) is 0 Å². The van der Waals surface area contributed by atoms with Gasteiger partial charge in [0.15, 0.2) is 0 Å². The highest BCUT2D eigenvalue weighted by Gasteiger charge is 2.06. The van der Waals surface area contributed by atoms with Crippen molar-refractivity contribution in [2.45, 2.75) is 19.4 Å². The van der Waals surface area contributed by atoms with E-state index in [0.717, 1.165) is 40.2 Å². The van der Waals surface area contributed by atoms with Crippen LogP contribution < -0.4 is 5.32 Å². The average Bonchev–Trinajstić information content (AvgIpc) is 2.95. The molecule has 0 saturated carbocycles. The van der Waals surface area contributed by atoms with Gasteiger partial charge in [0.1, 0.15) is 5.01 Å². The van der Waals surface area contributed by atoms with Crippen molar-refractivity contribution in [2.75, 3.05) is 20.6 Å². The maximum Gasteiger partial charge on any atom is 0.222 e. The number of aromatic nitrogens is 1. The Kier molecular flexibility index (Phi) is 6.54. The number of rotatable bonds is 7. The maximum atomic E-state index is 11.4. The van der Waals surface area contributed by atoms with Gasteiger partial charge in [0.2, 0.25) is 5.91 Å². The van der Waals surface area contributed by atoms with Crippen molar-refractivity contribution in [3.05, 3.63) is 39.8 Å². The van der Waals surface area contributed by atoms with Gasteiger partial charge in [-0.2, -0.15) is 0 Å². The Hall–Kier alpha value is -1.24. The molecule has 0 atom stereocenters. The number of hydrogen-bond donors (Lipinski definition) is 1. The van der Waals surface area contributed by atoms with Crippen LogP contribution >= 0.6 is 27.3 Å². The summed E-state index contributed by atoms with van der Waals surface area (Å²) in [5.74, 6) is 0.174. The molecule has 0 aliphatic heterocycles. The highest BCUT2D eigenvalue weighted by Crippen LogP contribution is 2.26. The summed E-state index contributed by atoms with van der Waals surface area (Å²) in [6.07, 6.45) is 1.43. The van der Waals surface area contributed by atoms with Gasteiger partial charge in [-0.25, -0.2) is 4.98 Å². The van der Waals surface area contributed by atoms with Gasteiger partial charge in [-0.1, -0.05) is 28.1 Å². The molecule has 1 heterocycles. The third-order valence-electron chi connectivity index (χ3n) is 3.17. The zero-order valence-corrected chi connectivity index (χ0v) is 15.2. The normalized spacial score (nSPS) is 10.7. The minimum absolute atomic E-state index is 0.174. The first-order valence-corrected chi connectivity index (χ1v) is 8.85. The molecule has 1 amide bonds. The van der Waals surface area contributed by atoms with Crippen molar-refractivity contribution >= 4 is 33.2 Å². The Balaban J connectivity index is 1.77. The van der Waals surface area contributed by atoms with Gasteiger partial charge in [0, 0.05) is 42.5 Å². The van der Waals surface area contributed by atoms with E-state index in [4.69, 9.17) is 0 Å². The van der Waals surface area contributed by atoms with Crippen LogP contribution in [0.25, 0.3) is 10.6 Å². The standard InChI is InChI=1S/C16H20BrN3OS/c1-20(2)15(21)7-4-8-18-10-14-11-22-16(19-14)12-5-3-6-13(17)9-12/h3,5-6,9,11,18H,4,7-8,10H2,1-2H3. The lowest BCUT2D eigenvalue weighted by Crippen LogP contribution is -2.23. The summed E-state index contributed by atoms with van der Waals surface area (Å²) in [6, 6.07) is 8.16. The van der Waals surface area contributed by atoms with Gasteiger partial charge in [0.25, 0.3) is 0 Å². The molecular weight excluding hydrogens is 362 g/mol. The topological polar surface area (TPSA) is 45.2 Å². The predicted octanol–water partition coefficient (Wildman–Crippen LogP) is 3.53. The van der Waals surface area contributed by atoms with Crippen molar-refractivity contribution in [3.8, 4) is 10.6 Å². The van der Waals surface area contributed by atoms with Crippen LogP contribution in [0, 0.1) is 0 Å². The first-order valence-electron chi connectivity index (χ1n) is 7.17. The molecule has 118 valence electrons. The van der Waals surface area contributed by atoms with Crippen LogP contribution in [0.1, 0.15) is 18.5 Å². The van der Waals surface area contributed by atoms with E-state index in [0.29, 0.717) is 6.42 Å². The van der Waals surface area contributed by atoms with Crippen molar-refractivity contribution in [2.24, 2.45) is 0 Å². The monoisotopic (exact) mass is 381 g/mol. The van der Waals surface area contributed by atoms with E-state index in [1.807, 2.05) is 12.1 Å². The molecule has 1 aromatic carbocycles. The molecule has 22 heavy (non-hydrogen) atoms. The lowest BCUT2D eigenvalue weighted by atomic mass is 10.2. The quantitative estimate of drug-likeness (QED) is 0.746. The molecule has 0 unspecified atom stereocenters. The molecule has 0 saturated heterocycles. The second kappa shape index (κ2) is 8.41.